The molecule has 5 nitrogen and oxygen atoms in total. The minimum atomic E-state index is 0.0447. The molecule has 0 heterocycles. The van der Waals surface area contributed by atoms with Crippen molar-refractivity contribution in [1.82, 2.24) is 0 Å². The van der Waals surface area contributed by atoms with Gasteiger partial charge in [0.25, 0.3) is 0 Å². The van der Waals surface area contributed by atoms with Gasteiger partial charge in [0.1, 0.15) is 12.4 Å². The van der Waals surface area contributed by atoms with E-state index in [1.807, 2.05) is 12.1 Å². The summed E-state index contributed by atoms with van der Waals surface area (Å²) >= 11 is 2.27. The highest BCUT2D eigenvalue weighted by Gasteiger charge is 2.00. The average molecular weight is 410 g/mol. The molecule has 0 aromatic heterocycles. The molecule has 120 valence electrons. The van der Waals surface area contributed by atoms with Gasteiger partial charge in [-0.25, -0.2) is 0 Å². The van der Waals surface area contributed by atoms with Crippen LogP contribution in [0.4, 0.5) is 0 Å². The van der Waals surface area contributed by atoms with E-state index in [-0.39, 0.29) is 6.61 Å². The summed E-state index contributed by atoms with van der Waals surface area (Å²) < 4.78 is 22.5. The zero-order valence-electron chi connectivity index (χ0n) is 12.3. The molecule has 0 aliphatic carbocycles. The lowest BCUT2D eigenvalue weighted by atomic mass is 10.2. The Kier molecular flexibility index (Phi) is 10.8. The minimum absolute atomic E-state index is 0.0447. The molecule has 0 unspecified atom stereocenters. The van der Waals surface area contributed by atoms with Crippen molar-refractivity contribution >= 4 is 22.6 Å². The van der Waals surface area contributed by atoms with Gasteiger partial charge in [0, 0.05) is 0 Å². The number of aliphatic hydroxyl groups excluding tert-OH is 1. The first kappa shape index (κ1) is 18.6. The zero-order chi connectivity index (χ0) is 15.3. The van der Waals surface area contributed by atoms with Crippen molar-refractivity contribution < 1.29 is 24.1 Å². The van der Waals surface area contributed by atoms with E-state index in [4.69, 9.17) is 24.1 Å². The lowest BCUT2D eigenvalue weighted by molar-refractivity contribution is 0.00357. The quantitative estimate of drug-likeness (QED) is 0.422. The Labute approximate surface area is 139 Å². The number of hydrogen-bond donors (Lipinski definition) is 1. The van der Waals surface area contributed by atoms with Gasteiger partial charge in [0.2, 0.25) is 0 Å². The Morgan fingerprint density at radius 2 is 1.48 bits per heavy atom. The van der Waals surface area contributed by atoms with Gasteiger partial charge < -0.3 is 24.1 Å². The lowest BCUT2D eigenvalue weighted by Crippen LogP contribution is -2.13. The summed E-state index contributed by atoms with van der Waals surface area (Å²) in [6.45, 7) is 5.60. The van der Waals surface area contributed by atoms with Crippen LogP contribution in [0.3, 0.4) is 0 Å². The van der Waals surface area contributed by atoms with Gasteiger partial charge >= 0.3 is 0 Å². The fraction of sp³-hybridized carbons (Fsp3) is 0.600. The summed E-state index contributed by atoms with van der Waals surface area (Å²) in [5.41, 5.74) is 1.23. The molecule has 0 radical (unpaired) electrons. The first-order valence-electron chi connectivity index (χ1n) is 6.97. The van der Waals surface area contributed by atoms with Crippen LogP contribution >= 0.6 is 22.6 Å². The van der Waals surface area contributed by atoms with Crippen LogP contribution in [0.15, 0.2) is 18.2 Å². The number of benzene rings is 1. The van der Waals surface area contributed by atoms with Gasteiger partial charge in [-0.1, -0.05) is 6.07 Å². The summed E-state index contributed by atoms with van der Waals surface area (Å²) in [4.78, 5) is 0. The third kappa shape index (κ3) is 9.26. The van der Waals surface area contributed by atoms with Crippen LogP contribution in [0.2, 0.25) is 0 Å². The predicted octanol–water partition coefficient (Wildman–Crippen LogP) is 2.02. The fourth-order valence-corrected chi connectivity index (χ4v) is 2.37. The molecule has 0 atom stereocenters. The lowest BCUT2D eigenvalue weighted by Gasteiger charge is -2.09. The topological polar surface area (TPSA) is 57.2 Å². The second kappa shape index (κ2) is 12.2. The summed E-state index contributed by atoms with van der Waals surface area (Å²) in [6.07, 6.45) is 0. The van der Waals surface area contributed by atoms with E-state index >= 15 is 0 Å². The first-order chi connectivity index (χ1) is 10.2. The van der Waals surface area contributed by atoms with E-state index in [1.165, 1.54) is 5.56 Å². The van der Waals surface area contributed by atoms with Crippen LogP contribution in [0.1, 0.15) is 5.56 Å². The van der Waals surface area contributed by atoms with Crippen molar-refractivity contribution in [1.29, 1.82) is 0 Å². The van der Waals surface area contributed by atoms with Crippen LogP contribution in [0.25, 0.3) is 0 Å². The van der Waals surface area contributed by atoms with Gasteiger partial charge in [-0.15, -0.1) is 0 Å². The zero-order valence-corrected chi connectivity index (χ0v) is 14.5. The molecule has 0 aliphatic rings. The van der Waals surface area contributed by atoms with E-state index < -0.39 is 0 Å². The highest BCUT2D eigenvalue weighted by molar-refractivity contribution is 14.1. The SMILES string of the molecule is Cc1ccc(OCCOCCOCCOCCO)c(I)c1. The highest BCUT2D eigenvalue weighted by atomic mass is 127. The number of rotatable bonds is 12. The summed E-state index contributed by atoms with van der Waals surface area (Å²) in [6, 6.07) is 6.10. The van der Waals surface area contributed by atoms with Crippen molar-refractivity contribution in [2.75, 3.05) is 52.9 Å². The van der Waals surface area contributed by atoms with E-state index in [0.717, 1.165) is 9.32 Å². The molecule has 0 spiro atoms. The summed E-state index contributed by atoms with van der Waals surface area (Å²) in [7, 11) is 0. The monoisotopic (exact) mass is 410 g/mol. The smallest absolute Gasteiger partial charge is 0.132 e. The third-order valence-corrected chi connectivity index (χ3v) is 3.40. The van der Waals surface area contributed by atoms with Gasteiger partial charge in [-0.05, 0) is 47.2 Å². The molecule has 1 aromatic rings. The molecule has 0 saturated carbocycles. The van der Waals surface area contributed by atoms with Gasteiger partial charge in [0.15, 0.2) is 0 Å². The normalized spacial score (nSPS) is 10.8. The fourth-order valence-electron chi connectivity index (χ4n) is 1.54. The standard InChI is InChI=1S/C15H23IO5/c1-13-2-3-15(14(16)12-13)21-11-10-20-9-8-19-7-6-18-5-4-17/h2-3,12,17H,4-11H2,1H3. The van der Waals surface area contributed by atoms with Crippen molar-refractivity contribution in [2.45, 2.75) is 6.92 Å². The molecule has 1 aromatic carbocycles. The van der Waals surface area contributed by atoms with Crippen molar-refractivity contribution in [3.8, 4) is 5.75 Å². The second-order valence-corrected chi connectivity index (χ2v) is 5.51. The number of ether oxygens (including phenoxy) is 4. The molecule has 0 saturated heterocycles. The molecule has 0 amide bonds. The Morgan fingerprint density at radius 3 is 2.05 bits per heavy atom. The number of aliphatic hydroxyl groups is 1. The van der Waals surface area contributed by atoms with Crippen LogP contribution < -0.4 is 4.74 Å². The predicted molar refractivity (Wildman–Crippen MR) is 88.9 cm³/mol. The second-order valence-electron chi connectivity index (χ2n) is 4.34. The molecule has 0 fully saturated rings. The molecular formula is C15H23IO5. The van der Waals surface area contributed by atoms with E-state index in [1.54, 1.807) is 0 Å². The van der Waals surface area contributed by atoms with Gasteiger partial charge in [-0.2, -0.15) is 0 Å². The maximum Gasteiger partial charge on any atom is 0.132 e. The van der Waals surface area contributed by atoms with Crippen LogP contribution in [0, 0.1) is 10.5 Å². The number of hydrogen-bond acceptors (Lipinski definition) is 5. The largest absolute Gasteiger partial charge is 0.490 e. The van der Waals surface area contributed by atoms with Gasteiger partial charge in [0.05, 0.1) is 49.8 Å². The molecule has 21 heavy (non-hydrogen) atoms. The Balaban J connectivity index is 1.93. The van der Waals surface area contributed by atoms with Crippen LogP contribution in [-0.4, -0.2) is 58.0 Å². The van der Waals surface area contributed by atoms with Crippen LogP contribution in [0.5, 0.6) is 5.75 Å². The van der Waals surface area contributed by atoms with E-state index in [0.29, 0.717) is 46.2 Å². The van der Waals surface area contributed by atoms with Crippen LogP contribution in [-0.2, 0) is 14.2 Å². The van der Waals surface area contributed by atoms with Crippen molar-refractivity contribution in [3.63, 3.8) is 0 Å². The van der Waals surface area contributed by atoms with E-state index in [2.05, 4.69) is 35.6 Å². The Bertz CT molecular complexity index is 386. The van der Waals surface area contributed by atoms with E-state index in [9.17, 15) is 0 Å². The minimum Gasteiger partial charge on any atom is -0.490 e. The third-order valence-electron chi connectivity index (χ3n) is 2.55. The summed E-state index contributed by atoms with van der Waals surface area (Å²) in [5.74, 6) is 0.891. The van der Waals surface area contributed by atoms with Crippen molar-refractivity contribution in [3.05, 3.63) is 27.3 Å². The molecule has 1 N–H and O–H groups in total. The number of halogens is 1. The maximum absolute atomic E-state index is 8.50. The molecular weight excluding hydrogens is 387 g/mol. The molecule has 1 rings (SSSR count). The summed E-state index contributed by atoms with van der Waals surface area (Å²) in [5, 5.41) is 8.50. The Morgan fingerprint density at radius 1 is 0.905 bits per heavy atom. The molecule has 0 bridgehead atoms. The average Bonchev–Trinajstić information content (AvgIpc) is 2.46. The first-order valence-corrected chi connectivity index (χ1v) is 8.05. The Hall–Kier alpha value is -0.410. The van der Waals surface area contributed by atoms with Crippen molar-refractivity contribution in [2.24, 2.45) is 0 Å². The molecule has 6 heteroatoms. The number of aryl methyl sites for hydroxylation is 1. The molecule has 0 aliphatic heterocycles. The highest BCUT2D eigenvalue weighted by Crippen LogP contribution is 2.21. The van der Waals surface area contributed by atoms with Gasteiger partial charge in [-0.3, -0.25) is 0 Å². The maximum atomic E-state index is 8.50.